The second-order valence-corrected chi connectivity index (χ2v) is 7.39. The lowest BCUT2D eigenvalue weighted by Crippen LogP contribution is -2.48. The summed E-state index contributed by atoms with van der Waals surface area (Å²) in [5, 5.41) is 11.7. The molecule has 0 radical (unpaired) electrons. The first-order valence-electron chi connectivity index (χ1n) is 9.68. The van der Waals surface area contributed by atoms with Crippen LogP contribution < -0.4 is 21.3 Å². The van der Waals surface area contributed by atoms with Gasteiger partial charge in [0.05, 0.1) is 11.8 Å². The largest absolute Gasteiger partial charge is 0.355 e. The van der Waals surface area contributed by atoms with Gasteiger partial charge >= 0.3 is 0 Å². The smallest absolute Gasteiger partial charge is 0.228 e. The third kappa shape index (κ3) is 5.29. The van der Waals surface area contributed by atoms with Gasteiger partial charge in [-0.25, -0.2) is 0 Å². The van der Waals surface area contributed by atoms with Crippen LogP contribution in [0.15, 0.2) is 18.2 Å². The van der Waals surface area contributed by atoms with Crippen molar-refractivity contribution >= 4 is 23.4 Å². The Morgan fingerprint density at radius 3 is 2.48 bits per heavy atom. The fraction of sp³-hybridized carbons (Fsp3) is 0.550. The van der Waals surface area contributed by atoms with Gasteiger partial charge in [-0.1, -0.05) is 6.07 Å². The molecule has 7 nitrogen and oxygen atoms in total. The molecule has 3 rings (SSSR count). The van der Waals surface area contributed by atoms with Gasteiger partial charge in [0.15, 0.2) is 0 Å². The number of fused-ring (bicyclic) bond motifs is 1. The average molecular weight is 372 g/mol. The van der Waals surface area contributed by atoms with Crippen LogP contribution in [0.25, 0.3) is 0 Å². The zero-order valence-electron chi connectivity index (χ0n) is 15.8. The average Bonchev–Trinajstić information content (AvgIpc) is 3.13. The number of hydrogen-bond acceptors (Lipinski definition) is 4. The molecule has 1 aliphatic heterocycles. The van der Waals surface area contributed by atoms with Crippen molar-refractivity contribution in [3.63, 3.8) is 0 Å². The standard InChI is InChI=1S/C20H28N4O3/c1-13(25)22-7-8-23-19(26)16-9-17(12-21-11-16)20(27)24-18-6-5-14-3-2-4-15(14)10-18/h5-6,10,16-17,21H,2-4,7-9,11-12H2,1H3,(H,22,25)(H,23,26)(H,24,27)/t16-,17+/m0/s1. The van der Waals surface area contributed by atoms with Crippen LogP contribution in [-0.2, 0) is 27.2 Å². The molecule has 0 saturated carbocycles. The lowest BCUT2D eigenvalue weighted by Gasteiger charge is -2.28. The summed E-state index contributed by atoms with van der Waals surface area (Å²) in [6, 6.07) is 6.13. The predicted octanol–water partition coefficient (Wildman–Crippen LogP) is 0.592. The molecule has 0 spiro atoms. The van der Waals surface area contributed by atoms with Gasteiger partial charge in [-0.2, -0.15) is 0 Å². The Morgan fingerprint density at radius 1 is 1.00 bits per heavy atom. The summed E-state index contributed by atoms with van der Waals surface area (Å²) in [6.45, 7) is 3.38. The van der Waals surface area contributed by atoms with E-state index in [-0.39, 0.29) is 29.6 Å². The number of carbonyl (C=O) groups is 3. The van der Waals surface area contributed by atoms with Crippen LogP contribution >= 0.6 is 0 Å². The van der Waals surface area contributed by atoms with Gasteiger partial charge in [0, 0.05) is 38.8 Å². The Balaban J connectivity index is 1.49. The highest BCUT2D eigenvalue weighted by Gasteiger charge is 2.31. The summed E-state index contributed by atoms with van der Waals surface area (Å²) in [5.41, 5.74) is 3.54. The Kier molecular flexibility index (Phi) is 6.45. The van der Waals surface area contributed by atoms with Gasteiger partial charge in [-0.05, 0) is 48.9 Å². The fourth-order valence-corrected chi connectivity index (χ4v) is 3.80. The van der Waals surface area contributed by atoms with E-state index in [1.807, 2.05) is 6.07 Å². The van der Waals surface area contributed by atoms with E-state index in [0.717, 1.165) is 18.5 Å². The number of carbonyl (C=O) groups excluding carboxylic acids is 3. The summed E-state index contributed by atoms with van der Waals surface area (Å²) >= 11 is 0. The monoisotopic (exact) mass is 372 g/mol. The molecule has 0 aromatic heterocycles. The van der Waals surface area contributed by atoms with Crippen molar-refractivity contribution in [1.29, 1.82) is 0 Å². The van der Waals surface area contributed by atoms with E-state index in [4.69, 9.17) is 0 Å². The first-order valence-corrected chi connectivity index (χ1v) is 9.68. The molecule has 4 N–H and O–H groups in total. The minimum Gasteiger partial charge on any atom is -0.355 e. The van der Waals surface area contributed by atoms with E-state index >= 15 is 0 Å². The molecule has 1 aromatic rings. The Bertz CT molecular complexity index is 719. The van der Waals surface area contributed by atoms with E-state index in [1.165, 1.54) is 24.5 Å². The van der Waals surface area contributed by atoms with Crippen LogP contribution in [0.2, 0.25) is 0 Å². The second-order valence-electron chi connectivity index (χ2n) is 7.39. The minimum absolute atomic E-state index is 0.0452. The third-order valence-corrected chi connectivity index (χ3v) is 5.26. The molecular weight excluding hydrogens is 344 g/mol. The van der Waals surface area contributed by atoms with Crippen LogP contribution in [-0.4, -0.2) is 43.9 Å². The molecule has 1 aliphatic carbocycles. The molecule has 1 saturated heterocycles. The highest BCUT2D eigenvalue weighted by molar-refractivity contribution is 5.93. The number of nitrogens with one attached hydrogen (secondary N) is 4. The van der Waals surface area contributed by atoms with Gasteiger partial charge in [0.2, 0.25) is 17.7 Å². The lowest BCUT2D eigenvalue weighted by atomic mass is 9.89. The molecule has 27 heavy (non-hydrogen) atoms. The number of hydrogen-bond donors (Lipinski definition) is 4. The maximum atomic E-state index is 12.6. The van der Waals surface area contributed by atoms with E-state index in [1.54, 1.807) is 0 Å². The number of amides is 3. The maximum absolute atomic E-state index is 12.6. The van der Waals surface area contributed by atoms with Crippen LogP contribution in [0.5, 0.6) is 0 Å². The second kappa shape index (κ2) is 8.99. The fourth-order valence-electron chi connectivity index (χ4n) is 3.80. The van der Waals surface area contributed by atoms with Crippen LogP contribution in [0.1, 0.15) is 30.9 Å². The molecule has 7 heteroatoms. The molecule has 146 valence electrons. The topological polar surface area (TPSA) is 99.3 Å². The number of benzene rings is 1. The zero-order valence-corrected chi connectivity index (χ0v) is 15.8. The molecule has 0 bridgehead atoms. The minimum atomic E-state index is -0.244. The van der Waals surface area contributed by atoms with E-state index < -0.39 is 0 Å². The normalized spacial score (nSPS) is 21.2. The van der Waals surface area contributed by atoms with Crippen molar-refractivity contribution in [2.24, 2.45) is 11.8 Å². The molecule has 0 unspecified atom stereocenters. The SMILES string of the molecule is CC(=O)NCCNC(=O)[C@@H]1CNC[C@H](C(=O)Nc2ccc3c(c2)CCC3)C1. The molecule has 2 atom stereocenters. The van der Waals surface area contributed by atoms with Crippen LogP contribution in [0.3, 0.4) is 0 Å². The van der Waals surface area contributed by atoms with Gasteiger partial charge < -0.3 is 21.3 Å². The number of aryl methyl sites for hydroxylation is 2. The first kappa shape index (κ1) is 19.4. The highest BCUT2D eigenvalue weighted by atomic mass is 16.2. The van der Waals surface area contributed by atoms with E-state index in [0.29, 0.717) is 32.6 Å². The molecule has 2 aliphatic rings. The summed E-state index contributed by atoms with van der Waals surface area (Å²) in [4.78, 5) is 35.8. The molecule has 1 fully saturated rings. The van der Waals surface area contributed by atoms with E-state index in [2.05, 4.69) is 33.4 Å². The summed E-state index contributed by atoms with van der Waals surface area (Å²) in [6.07, 6.45) is 3.90. The molecule has 1 heterocycles. The number of piperidine rings is 1. The summed E-state index contributed by atoms with van der Waals surface area (Å²) in [7, 11) is 0. The van der Waals surface area contributed by atoms with Crippen LogP contribution in [0.4, 0.5) is 5.69 Å². The molecule has 1 aromatic carbocycles. The quantitative estimate of drug-likeness (QED) is 0.549. The van der Waals surface area contributed by atoms with Crippen molar-refractivity contribution in [3.05, 3.63) is 29.3 Å². The predicted molar refractivity (Wildman–Crippen MR) is 103 cm³/mol. The van der Waals surface area contributed by atoms with E-state index in [9.17, 15) is 14.4 Å². The van der Waals surface area contributed by atoms with Crippen molar-refractivity contribution < 1.29 is 14.4 Å². The van der Waals surface area contributed by atoms with Gasteiger partial charge in [-0.15, -0.1) is 0 Å². The van der Waals surface area contributed by atoms with Gasteiger partial charge in [-0.3, -0.25) is 14.4 Å². The Morgan fingerprint density at radius 2 is 1.70 bits per heavy atom. The van der Waals surface area contributed by atoms with Crippen molar-refractivity contribution in [2.45, 2.75) is 32.6 Å². The zero-order chi connectivity index (χ0) is 19.2. The van der Waals surface area contributed by atoms with Crippen molar-refractivity contribution in [1.82, 2.24) is 16.0 Å². The molecular formula is C20H28N4O3. The first-order chi connectivity index (χ1) is 13.0. The summed E-state index contributed by atoms with van der Waals surface area (Å²) in [5.74, 6) is -0.726. The lowest BCUT2D eigenvalue weighted by molar-refractivity contribution is -0.128. The van der Waals surface area contributed by atoms with Gasteiger partial charge in [0.1, 0.15) is 0 Å². The summed E-state index contributed by atoms with van der Waals surface area (Å²) < 4.78 is 0. The van der Waals surface area contributed by atoms with Crippen LogP contribution in [0, 0.1) is 11.8 Å². The highest BCUT2D eigenvalue weighted by Crippen LogP contribution is 2.26. The van der Waals surface area contributed by atoms with Gasteiger partial charge in [0.25, 0.3) is 0 Å². The third-order valence-electron chi connectivity index (χ3n) is 5.26. The van der Waals surface area contributed by atoms with Crippen molar-refractivity contribution in [2.75, 3.05) is 31.5 Å². The Labute approximate surface area is 159 Å². The maximum Gasteiger partial charge on any atom is 0.228 e. The number of rotatable bonds is 6. The molecule has 3 amide bonds. The number of anilines is 1. The van der Waals surface area contributed by atoms with Crippen molar-refractivity contribution in [3.8, 4) is 0 Å². The Hall–Kier alpha value is -2.41.